The Balaban J connectivity index is 1.43. The summed E-state index contributed by atoms with van der Waals surface area (Å²) in [5.41, 5.74) is 2.91. The first-order chi connectivity index (χ1) is 15.7. The Morgan fingerprint density at radius 3 is 2.56 bits per heavy atom. The quantitative estimate of drug-likeness (QED) is 0.325. The highest BCUT2D eigenvalue weighted by Gasteiger charge is 2.32. The number of anilines is 1. The maximum Gasteiger partial charge on any atom is 0.242 e. The van der Waals surface area contributed by atoms with Gasteiger partial charge in [0.05, 0.1) is 0 Å². The van der Waals surface area contributed by atoms with Crippen LogP contribution in [0.5, 0.6) is 0 Å². The summed E-state index contributed by atoms with van der Waals surface area (Å²) in [7, 11) is 0. The van der Waals surface area contributed by atoms with Crippen molar-refractivity contribution in [3.05, 3.63) is 93.9 Å². The molecule has 1 aliphatic carbocycles. The third kappa shape index (κ3) is 4.79. The number of aryl methyl sites for hydroxylation is 1. The first-order valence-electron chi connectivity index (χ1n) is 10.7. The third-order valence-corrected chi connectivity index (χ3v) is 7.53. The number of hydrogen-bond acceptors (Lipinski definition) is 5. The summed E-state index contributed by atoms with van der Waals surface area (Å²) in [6.45, 7) is 2.03. The maximum atomic E-state index is 13.4. The number of carbonyl (C=O) groups excluding carboxylic acids is 1. The van der Waals surface area contributed by atoms with Crippen LogP contribution in [0.3, 0.4) is 0 Å². The average molecular weight is 461 g/mol. The molecule has 1 atom stereocenters. The van der Waals surface area contributed by atoms with Gasteiger partial charge in [0.25, 0.3) is 0 Å². The lowest BCUT2D eigenvalue weighted by atomic mass is 10.1. The van der Waals surface area contributed by atoms with Gasteiger partial charge >= 0.3 is 0 Å². The van der Waals surface area contributed by atoms with Gasteiger partial charge in [-0.2, -0.15) is 0 Å². The molecule has 0 saturated heterocycles. The molecule has 5 nitrogen and oxygen atoms in total. The molecule has 1 N–H and O–H groups in total. The number of carbonyl (C=O) groups is 1. The van der Waals surface area contributed by atoms with Gasteiger partial charge in [-0.05, 0) is 48.9 Å². The van der Waals surface area contributed by atoms with Gasteiger partial charge in [-0.15, -0.1) is 21.5 Å². The SMILES string of the molecule is Cc1ccc(NC(=O)[C@@H](Sc2nnc(Cc3cccs3)n2C2CC2)c2ccccc2)cc1. The van der Waals surface area contributed by atoms with Gasteiger partial charge in [0.1, 0.15) is 11.1 Å². The minimum Gasteiger partial charge on any atom is -0.325 e. The number of nitrogens with one attached hydrogen (secondary N) is 1. The standard InChI is InChI=1S/C25H24N4OS2/c1-17-9-11-19(12-10-17)26-24(30)23(18-6-3-2-4-7-18)32-25-28-27-22(29(25)20-13-14-20)16-21-8-5-15-31-21/h2-12,15,20,23H,13-14,16H2,1H3,(H,26,30)/t23-/m0/s1. The summed E-state index contributed by atoms with van der Waals surface area (Å²) < 4.78 is 2.25. The first-order valence-corrected chi connectivity index (χ1v) is 12.5. The van der Waals surface area contributed by atoms with Crippen molar-refractivity contribution in [2.24, 2.45) is 0 Å². The van der Waals surface area contributed by atoms with Gasteiger partial charge in [-0.3, -0.25) is 4.79 Å². The summed E-state index contributed by atoms with van der Waals surface area (Å²) in [4.78, 5) is 14.6. The second-order valence-electron chi connectivity index (χ2n) is 8.02. The van der Waals surface area contributed by atoms with Crippen molar-refractivity contribution in [1.29, 1.82) is 0 Å². The van der Waals surface area contributed by atoms with E-state index in [-0.39, 0.29) is 5.91 Å². The molecule has 32 heavy (non-hydrogen) atoms. The molecule has 1 aliphatic rings. The largest absolute Gasteiger partial charge is 0.325 e. The zero-order valence-corrected chi connectivity index (χ0v) is 19.4. The molecule has 2 aromatic carbocycles. The van der Waals surface area contributed by atoms with E-state index in [0.717, 1.165) is 47.1 Å². The number of aromatic nitrogens is 3. The van der Waals surface area contributed by atoms with Gasteiger partial charge < -0.3 is 9.88 Å². The summed E-state index contributed by atoms with van der Waals surface area (Å²) >= 11 is 3.22. The predicted molar refractivity (Wildman–Crippen MR) is 130 cm³/mol. The molecule has 162 valence electrons. The van der Waals surface area contributed by atoms with E-state index in [2.05, 4.69) is 37.6 Å². The second-order valence-corrected chi connectivity index (χ2v) is 10.1. The molecule has 1 amide bonds. The predicted octanol–water partition coefficient (Wildman–Crippen LogP) is 6.05. The molecular formula is C25H24N4OS2. The number of thiophene rings is 1. The van der Waals surface area contributed by atoms with Crippen LogP contribution in [0.2, 0.25) is 0 Å². The summed E-state index contributed by atoms with van der Waals surface area (Å²) in [6.07, 6.45) is 3.04. The van der Waals surface area contributed by atoms with Crippen molar-refractivity contribution < 1.29 is 4.79 Å². The molecule has 0 aliphatic heterocycles. The summed E-state index contributed by atoms with van der Waals surface area (Å²) in [5, 5.41) is 14.6. The third-order valence-electron chi connectivity index (χ3n) is 5.44. The normalized spacial score (nSPS) is 14.3. The first kappa shape index (κ1) is 21.0. The van der Waals surface area contributed by atoms with Gasteiger partial charge in [0, 0.05) is 23.0 Å². The van der Waals surface area contributed by atoms with Crippen LogP contribution in [0, 0.1) is 6.92 Å². The zero-order chi connectivity index (χ0) is 21.9. The Morgan fingerprint density at radius 2 is 1.88 bits per heavy atom. The van der Waals surface area contributed by atoms with E-state index in [9.17, 15) is 4.79 Å². The van der Waals surface area contributed by atoms with Crippen molar-refractivity contribution in [3.8, 4) is 0 Å². The molecular weight excluding hydrogens is 436 g/mol. The fraction of sp³-hybridized carbons (Fsp3) is 0.240. The van der Waals surface area contributed by atoms with Gasteiger partial charge in [0.15, 0.2) is 5.16 Å². The smallest absolute Gasteiger partial charge is 0.242 e. The average Bonchev–Trinajstić information content (AvgIpc) is 3.36. The highest BCUT2D eigenvalue weighted by atomic mass is 32.2. The van der Waals surface area contributed by atoms with Crippen LogP contribution in [0.25, 0.3) is 0 Å². The van der Waals surface area contributed by atoms with Crippen LogP contribution in [0.15, 0.2) is 77.3 Å². The Hall–Kier alpha value is -2.90. The topological polar surface area (TPSA) is 59.8 Å². The monoisotopic (exact) mass is 460 g/mol. The molecule has 7 heteroatoms. The molecule has 2 heterocycles. The number of benzene rings is 2. The highest BCUT2D eigenvalue weighted by Crippen LogP contribution is 2.43. The second kappa shape index (κ2) is 9.30. The van der Waals surface area contributed by atoms with Crippen LogP contribution < -0.4 is 5.32 Å². The molecule has 1 saturated carbocycles. The van der Waals surface area contributed by atoms with Gasteiger partial charge in [0.2, 0.25) is 5.91 Å². The van der Waals surface area contributed by atoms with E-state index >= 15 is 0 Å². The number of amides is 1. The molecule has 1 fully saturated rings. The number of nitrogens with zero attached hydrogens (tertiary/aromatic N) is 3. The fourth-order valence-electron chi connectivity index (χ4n) is 3.63. The number of rotatable bonds is 8. The van der Waals surface area contributed by atoms with Crippen molar-refractivity contribution in [2.45, 2.75) is 42.6 Å². The van der Waals surface area contributed by atoms with E-state index in [1.165, 1.54) is 16.6 Å². The summed E-state index contributed by atoms with van der Waals surface area (Å²) in [6, 6.07) is 22.4. The minimum atomic E-state index is -0.422. The maximum absolute atomic E-state index is 13.4. The number of thioether (sulfide) groups is 1. The Kier molecular flexibility index (Phi) is 6.10. The van der Waals surface area contributed by atoms with E-state index < -0.39 is 5.25 Å². The van der Waals surface area contributed by atoms with E-state index in [1.54, 1.807) is 11.3 Å². The summed E-state index contributed by atoms with van der Waals surface area (Å²) in [5.74, 6) is 0.915. The lowest BCUT2D eigenvalue weighted by Crippen LogP contribution is -2.19. The molecule has 4 aromatic rings. The van der Waals surface area contributed by atoms with Crippen LogP contribution in [-0.2, 0) is 11.2 Å². The molecule has 0 radical (unpaired) electrons. The van der Waals surface area contributed by atoms with E-state index in [4.69, 9.17) is 0 Å². The van der Waals surface area contributed by atoms with E-state index in [1.807, 2.05) is 61.5 Å². The molecule has 0 bridgehead atoms. The Labute approximate surface area is 195 Å². The van der Waals surface area contributed by atoms with Crippen LogP contribution >= 0.6 is 23.1 Å². The zero-order valence-electron chi connectivity index (χ0n) is 17.8. The Bertz CT molecular complexity index is 1180. The van der Waals surface area contributed by atoms with Crippen molar-refractivity contribution >= 4 is 34.7 Å². The molecule has 0 unspecified atom stereocenters. The lowest BCUT2D eigenvalue weighted by molar-refractivity contribution is -0.115. The van der Waals surface area contributed by atoms with Crippen molar-refractivity contribution in [1.82, 2.24) is 14.8 Å². The van der Waals surface area contributed by atoms with Gasteiger partial charge in [-0.25, -0.2) is 0 Å². The van der Waals surface area contributed by atoms with Crippen molar-refractivity contribution in [2.75, 3.05) is 5.32 Å². The lowest BCUT2D eigenvalue weighted by Gasteiger charge is -2.17. The number of hydrogen-bond donors (Lipinski definition) is 1. The van der Waals surface area contributed by atoms with Crippen LogP contribution in [-0.4, -0.2) is 20.7 Å². The van der Waals surface area contributed by atoms with Gasteiger partial charge in [-0.1, -0.05) is 65.9 Å². The van der Waals surface area contributed by atoms with Crippen LogP contribution in [0.1, 0.15) is 46.0 Å². The minimum absolute atomic E-state index is 0.0600. The Morgan fingerprint density at radius 1 is 1.09 bits per heavy atom. The highest BCUT2D eigenvalue weighted by molar-refractivity contribution is 8.00. The molecule has 5 rings (SSSR count). The molecule has 2 aromatic heterocycles. The van der Waals surface area contributed by atoms with E-state index in [0.29, 0.717) is 6.04 Å². The van der Waals surface area contributed by atoms with Crippen molar-refractivity contribution in [3.63, 3.8) is 0 Å². The van der Waals surface area contributed by atoms with Crippen LogP contribution in [0.4, 0.5) is 5.69 Å². The molecule has 0 spiro atoms. The fourth-order valence-corrected chi connectivity index (χ4v) is 5.46.